The van der Waals surface area contributed by atoms with Gasteiger partial charge >= 0.3 is 0 Å². The maximum atomic E-state index is 13.7. The molecule has 3 aromatic rings. The van der Waals surface area contributed by atoms with Crippen LogP contribution < -0.4 is 4.74 Å². The van der Waals surface area contributed by atoms with Crippen LogP contribution in [0.4, 0.5) is 0 Å². The standard InChI is InChI=1S/C27H30N2O4S2/c1-19-7-11-22(12-8-19)35(31,32)29(21-9-10-21)17-27(30)28-15-13-26-23(14-16-34-26)24(28)18-33-25-6-4-3-5-20(25)2/h3-8,11-12,14,16,21,24H,9-10,13,15,17-18H2,1-2H3/t24-/m0/s1. The Labute approximate surface area is 211 Å². The molecule has 2 heterocycles. The van der Waals surface area contributed by atoms with Gasteiger partial charge in [-0.25, -0.2) is 8.42 Å². The summed E-state index contributed by atoms with van der Waals surface area (Å²) in [6.45, 7) is 4.65. The Morgan fingerprint density at radius 3 is 2.54 bits per heavy atom. The van der Waals surface area contributed by atoms with Crippen molar-refractivity contribution < 1.29 is 17.9 Å². The highest BCUT2D eigenvalue weighted by atomic mass is 32.2. The molecule has 5 rings (SSSR count). The number of hydrogen-bond acceptors (Lipinski definition) is 5. The van der Waals surface area contributed by atoms with E-state index in [4.69, 9.17) is 4.74 Å². The van der Waals surface area contributed by atoms with Crippen molar-refractivity contribution in [3.63, 3.8) is 0 Å². The van der Waals surface area contributed by atoms with Gasteiger partial charge in [0.1, 0.15) is 12.4 Å². The zero-order valence-corrected chi connectivity index (χ0v) is 21.6. The molecule has 0 bridgehead atoms. The van der Waals surface area contributed by atoms with Gasteiger partial charge in [-0.15, -0.1) is 11.3 Å². The molecule has 35 heavy (non-hydrogen) atoms. The summed E-state index contributed by atoms with van der Waals surface area (Å²) < 4.78 is 34.5. The maximum Gasteiger partial charge on any atom is 0.243 e. The van der Waals surface area contributed by atoms with Crippen LogP contribution in [0.2, 0.25) is 0 Å². The van der Waals surface area contributed by atoms with Gasteiger partial charge in [-0.2, -0.15) is 4.31 Å². The van der Waals surface area contributed by atoms with Gasteiger partial charge in [0.05, 0.1) is 17.5 Å². The molecule has 1 aromatic heterocycles. The summed E-state index contributed by atoms with van der Waals surface area (Å²) in [6.07, 6.45) is 2.34. The van der Waals surface area contributed by atoms with Crippen LogP contribution >= 0.6 is 11.3 Å². The number of ether oxygens (including phenoxy) is 1. The lowest BCUT2D eigenvalue weighted by Crippen LogP contribution is -2.48. The number of fused-ring (bicyclic) bond motifs is 1. The minimum absolute atomic E-state index is 0.117. The first-order valence-electron chi connectivity index (χ1n) is 12.0. The molecule has 1 amide bonds. The van der Waals surface area contributed by atoms with E-state index in [0.29, 0.717) is 13.2 Å². The second-order valence-electron chi connectivity index (χ2n) is 9.32. The third-order valence-electron chi connectivity index (χ3n) is 6.78. The first-order chi connectivity index (χ1) is 16.8. The molecule has 2 aromatic carbocycles. The third-order valence-corrected chi connectivity index (χ3v) is 9.69. The summed E-state index contributed by atoms with van der Waals surface area (Å²) in [5.74, 6) is 0.617. The van der Waals surface area contributed by atoms with E-state index in [0.717, 1.165) is 41.7 Å². The predicted molar refractivity (Wildman–Crippen MR) is 137 cm³/mol. The van der Waals surface area contributed by atoms with Crippen molar-refractivity contribution in [3.05, 3.63) is 81.5 Å². The fourth-order valence-corrected chi connectivity index (χ4v) is 7.17. The fraction of sp³-hybridized carbons (Fsp3) is 0.370. The maximum absolute atomic E-state index is 13.7. The molecule has 1 fully saturated rings. The highest BCUT2D eigenvalue weighted by Crippen LogP contribution is 2.36. The zero-order valence-electron chi connectivity index (χ0n) is 20.0. The molecule has 0 radical (unpaired) electrons. The molecule has 0 unspecified atom stereocenters. The quantitative estimate of drug-likeness (QED) is 0.440. The number of aryl methyl sites for hydroxylation is 2. The smallest absolute Gasteiger partial charge is 0.243 e. The van der Waals surface area contributed by atoms with Crippen LogP contribution in [-0.4, -0.2) is 49.3 Å². The van der Waals surface area contributed by atoms with E-state index < -0.39 is 10.0 Å². The number of para-hydroxylation sites is 1. The van der Waals surface area contributed by atoms with Gasteiger partial charge in [0.25, 0.3) is 0 Å². The molecule has 1 saturated carbocycles. The molecule has 1 aliphatic carbocycles. The Morgan fingerprint density at radius 1 is 1.09 bits per heavy atom. The van der Waals surface area contributed by atoms with Crippen LogP contribution in [0.1, 0.15) is 40.5 Å². The minimum Gasteiger partial charge on any atom is -0.491 e. The number of sulfonamides is 1. The largest absolute Gasteiger partial charge is 0.491 e. The zero-order chi connectivity index (χ0) is 24.6. The van der Waals surface area contributed by atoms with Gasteiger partial charge in [-0.3, -0.25) is 4.79 Å². The van der Waals surface area contributed by atoms with E-state index in [1.165, 1.54) is 9.18 Å². The lowest BCUT2D eigenvalue weighted by molar-refractivity contribution is -0.135. The topological polar surface area (TPSA) is 66.9 Å². The second kappa shape index (κ2) is 9.76. The molecular formula is C27H30N2O4S2. The number of amides is 1. The molecule has 0 N–H and O–H groups in total. The lowest BCUT2D eigenvalue weighted by Gasteiger charge is -2.37. The molecule has 1 aliphatic heterocycles. The number of carbonyl (C=O) groups is 1. The Morgan fingerprint density at radius 2 is 1.83 bits per heavy atom. The Hall–Kier alpha value is -2.68. The van der Waals surface area contributed by atoms with Crippen LogP contribution in [0.5, 0.6) is 5.75 Å². The molecule has 184 valence electrons. The van der Waals surface area contributed by atoms with Gasteiger partial charge in [-0.05, 0) is 73.9 Å². The molecular weight excluding hydrogens is 480 g/mol. The Kier molecular flexibility index (Phi) is 6.70. The molecule has 2 aliphatic rings. The predicted octanol–water partition coefficient (Wildman–Crippen LogP) is 4.72. The van der Waals surface area contributed by atoms with Crippen molar-refractivity contribution in [2.75, 3.05) is 19.7 Å². The summed E-state index contributed by atoms with van der Waals surface area (Å²) in [5, 5.41) is 2.05. The van der Waals surface area contributed by atoms with Crippen molar-refractivity contribution in [3.8, 4) is 5.75 Å². The number of hydrogen-bond donors (Lipinski definition) is 0. The van der Waals surface area contributed by atoms with E-state index in [-0.39, 0.29) is 29.4 Å². The summed E-state index contributed by atoms with van der Waals surface area (Å²) >= 11 is 1.70. The van der Waals surface area contributed by atoms with Crippen LogP contribution in [-0.2, 0) is 21.2 Å². The fourth-order valence-electron chi connectivity index (χ4n) is 4.60. The van der Waals surface area contributed by atoms with Gasteiger partial charge in [-0.1, -0.05) is 35.9 Å². The highest BCUT2D eigenvalue weighted by Gasteiger charge is 2.41. The first-order valence-corrected chi connectivity index (χ1v) is 14.3. The van der Waals surface area contributed by atoms with Gasteiger partial charge in [0.2, 0.25) is 15.9 Å². The monoisotopic (exact) mass is 510 g/mol. The van der Waals surface area contributed by atoms with Crippen molar-refractivity contribution in [1.29, 1.82) is 0 Å². The highest BCUT2D eigenvalue weighted by molar-refractivity contribution is 7.89. The molecule has 6 nitrogen and oxygen atoms in total. The molecule has 8 heteroatoms. The third kappa shape index (κ3) is 5.01. The van der Waals surface area contributed by atoms with Crippen molar-refractivity contribution in [1.82, 2.24) is 9.21 Å². The number of carbonyl (C=O) groups excluding carboxylic acids is 1. The number of benzene rings is 2. The average molecular weight is 511 g/mol. The Bertz CT molecular complexity index is 1310. The van der Waals surface area contributed by atoms with Crippen LogP contribution in [0.3, 0.4) is 0 Å². The molecule has 0 spiro atoms. The number of rotatable bonds is 8. The van der Waals surface area contributed by atoms with Crippen LogP contribution in [0.25, 0.3) is 0 Å². The average Bonchev–Trinajstić information content (AvgIpc) is 3.57. The minimum atomic E-state index is -3.76. The van der Waals surface area contributed by atoms with Crippen molar-refractivity contribution in [2.45, 2.75) is 50.1 Å². The second-order valence-corrected chi connectivity index (χ2v) is 12.2. The van der Waals surface area contributed by atoms with E-state index in [9.17, 15) is 13.2 Å². The van der Waals surface area contributed by atoms with Crippen molar-refractivity contribution >= 4 is 27.3 Å². The van der Waals surface area contributed by atoms with Crippen LogP contribution in [0.15, 0.2) is 64.9 Å². The summed E-state index contributed by atoms with van der Waals surface area (Å²) in [7, 11) is -3.76. The SMILES string of the molecule is Cc1ccc(S(=O)(=O)N(CC(=O)N2CCc3sccc3[C@@H]2COc2ccccc2C)C2CC2)cc1. The van der Waals surface area contributed by atoms with E-state index in [1.807, 2.05) is 43.0 Å². The van der Waals surface area contributed by atoms with Gasteiger partial charge < -0.3 is 9.64 Å². The van der Waals surface area contributed by atoms with E-state index in [2.05, 4.69) is 11.4 Å². The molecule has 0 saturated heterocycles. The number of thiophene rings is 1. The van der Waals surface area contributed by atoms with Gasteiger partial charge in [0, 0.05) is 17.5 Å². The van der Waals surface area contributed by atoms with E-state index in [1.54, 1.807) is 35.6 Å². The summed E-state index contributed by atoms with van der Waals surface area (Å²) in [6, 6.07) is 16.4. The summed E-state index contributed by atoms with van der Waals surface area (Å²) in [5.41, 5.74) is 3.13. The van der Waals surface area contributed by atoms with Gasteiger partial charge in [0.15, 0.2) is 0 Å². The summed E-state index contributed by atoms with van der Waals surface area (Å²) in [4.78, 5) is 17.0. The van der Waals surface area contributed by atoms with Crippen LogP contribution in [0, 0.1) is 13.8 Å². The van der Waals surface area contributed by atoms with E-state index >= 15 is 0 Å². The Balaban J connectivity index is 1.38. The lowest BCUT2D eigenvalue weighted by atomic mass is 10.0. The molecule has 1 atom stereocenters. The number of nitrogens with zero attached hydrogens (tertiary/aromatic N) is 2. The normalized spacial score (nSPS) is 17.9. The van der Waals surface area contributed by atoms with Crippen molar-refractivity contribution in [2.24, 2.45) is 0 Å². The first kappa shape index (κ1) is 24.0.